The number of aliphatic hydroxyl groups excluding tert-OH is 2. The maximum Gasteiger partial charge on any atom is 1.00 e. The van der Waals surface area contributed by atoms with Crippen LogP contribution in [0.1, 0.15) is 85.0 Å². The minimum Gasteiger partial charge on any atom is -0.550 e. The van der Waals surface area contributed by atoms with Crippen molar-refractivity contribution in [1.29, 1.82) is 0 Å². The monoisotopic (exact) mass is 430 g/mol. The van der Waals surface area contributed by atoms with Crippen LogP contribution in [-0.2, 0) is 4.79 Å². The van der Waals surface area contributed by atoms with E-state index in [0.29, 0.717) is 41.9 Å². The van der Waals surface area contributed by atoms with Crippen molar-refractivity contribution < 1.29 is 71.5 Å². The second-order valence-electron chi connectivity index (χ2n) is 11.3. The second kappa shape index (κ2) is 9.11. The maximum atomic E-state index is 11.5. The number of aliphatic hydroxyl groups is 2. The number of hydrogen-bond donors (Lipinski definition) is 2. The summed E-state index contributed by atoms with van der Waals surface area (Å²) in [4.78, 5) is 10.9. The number of carbonyl (C=O) groups is 1. The molecule has 1 unspecified atom stereocenters. The molecule has 29 heavy (non-hydrogen) atoms. The zero-order valence-corrected chi connectivity index (χ0v) is 22.0. The molecule has 160 valence electrons. The van der Waals surface area contributed by atoms with Gasteiger partial charge in [-0.05, 0) is 111 Å². The van der Waals surface area contributed by atoms with Crippen molar-refractivity contribution in [3.05, 3.63) is 0 Å². The molecule has 0 bridgehead atoms. The Kier molecular flexibility index (Phi) is 7.75. The summed E-state index contributed by atoms with van der Waals surface area (Å²) in [6, 6.07) is 0. The molecule has 0 amide bonds. The van der Waals surface area contributed by atoms with Crippen molar-refractivity contribution in [1.82, 2.24) is 0 Å². The summed E-state index contributed by atoms with van der Waals surface area (Å²) in [5, 5.41) is 32.6. The first-order valence-corrected chi connectivity index (χ1v) is 11.7. The van der Waals surface area contributed by atoms with Gasteiger partial charge in [-0.3, -0.25) is 0 Å². The van der Waals surface area contributed by atoms with Gasteiger partial charge in [-0.25, -0.2) is 0 Å². The summed E-state index contributed by atoms with van der Waals surface area (Å²) in [6.45, 7) is 6.94. The van der Waals surface area contributed by atoms with Crippen LogP contribution in [0.2, 0.25) is 0 Å². The molecule has 0 saturated heterocycles. The number of carboxylic acids is 1. The third-order valence-corrected chi connectivity index (χ3v) is 10.3. The van der Waals surface area contributed by atoms with Crippen LogP contribution in [0, 0.1) is 46.3 Å². The Morgan fingerprint density at radius 2 is 1.79 bits per heavy atom. The Hall–Kier alpha value is 1.03. The van der Waals surface area contributed by atoms with E-state index in [1.165, 1.54) is 19.3 Å². The largest absolute Gasteiger partial charge is 1.00 e. The van der Waals surface area contributed by atoms with E-state index < -0.39 is 5.97 Å². The van der Waals surface area contributed by atoms with Gasteiger partial charge >= 0.3 is 51.4 Å². The van der Waals surface area contributed by atoms with E-state index >= 15 is 0 Å². The van der Waals surface area contributed by atoms with Gasteiger partial charge in [0.15, 0.2) is 0 Å². The third-order valence-electron chi connectivity index (χ3n) is 10.3. The van der Waals surface area contributed by atoms with E-state index in [2.05, 4.69) is 20.8 Å². The summed E-state index contributed by atoms with van der Waals surface area (Å²) in [5.74, 6) is 2.19. The average molecular weight is 431 g/mol. The van der Waals surface area contributed by atoms with Crippen molar-refractivity contribution in [3.8, 4) is 0 Å². The van der Waals surface area contributed by atoms with Gasteiger partial charge in [-0.2, -0.15) is 0 Å². The molecule has 0 aromatic heterocycles. The van der Waals surface area contributed by atoms with Gasteiger partial charge in [-0.15, -0.1) is 0 Å². The number of rotatable bonds is 4. The number of fused-ring (bicyclic) bond motifs is 5. The fourth-order valence-corrected chi connectivity index (χ4v) is 8.71. The minimum absolute atomic E-state index is 0. The Morgan fingerprint density at radius 3 is 2.48 bits per heavy atom. The molecule has 4 fully saturated rings. The number of carboxylic acid groups (broad SMARTS) is 1. The predicted molar refractivity (Wildman–Crippen MR) is 106 cm³/mol. The number of aliphatic carboxylic acids is 1. The molecule has 10 atom stereocenters. The Balaban J connectivity index is 0.00000240. The summed E-state index contributed by atoms with van der Waals surface area (Å²) in [6.07, 6.45) is 8.98. The van der Waals surface area contributed by atoms with Crippen molar-refractivity contribution in [3.63, 3.8) is 0 Å². The molecule has 0 aromatic rings. The SMILES string of the molecule is CC(CCC(=O)[O-])[C@H]1CC[C@H]2[C@@H]3CC[C@@H]4C[C@H](O)CC[C@]4(C)[C@H]3C[C@H](O)[C@]12C.[K+]. The number of carbonyl (C=O) groups excluding carboxylic acids is 1. The fourth-order valence-electron chi connectivity index (χ4n) is 8.71. The smallest absolute Gasteiger partial charge is 0.550 e. The van der Waals surface area contributed by atoms with E-state index in [1.807, 2.05) is 0 Å². The molecular weight excluding hydrogens is 391 g/mol. The van der Waals surface area contributed by atoms with Gasteiger partial charge in [0, 0.05) is 5.97 Å². The molecule has 0 aliphatic heterocycles. The standard InChI is InChI=1S/C24H40O4.K/c1-14(4-9-22(27)28)18-7-8-19-17-6-5-15-12-16(25)10-11-23(15,2)20(17)13-21(26)24(18,19)3;/h14-21,25-26H,4-13H2,1-3H3,(H,27,28);/q;+1/p-1/t14?,15-,16-,17+,18-,19+,20+,21+,23+,24-;/m1./s1. The van der Waals surface area contributed by atoms with E-state index in [9.17, 15) is 20.1 Å². The van der Waals surface area contributed by atoms with Gasteiger partial charge in [0.05, 0.1) is 12.2 Å². The topological polar surface area (TPSA) is 80.6 Å². The van der Waals surface area contributed by atoms with E-state index in [0.717, 1.165) is 32.1 Å². The Labute approximate surface area is 219 Å². The van der Waals surface area contributed by atoms with Crippen LogP contribution in [-0.4, -0.2) is 28.4 Å². The van der Waals surface area contributed by atoms with Crippen LogP contribution in [0.5, 0.6) is 0 Å². The van der Waals surface area contributed by atoms with Crippen LogP contribution in [0.15, 0.2) is 0 Å². The van der Waals surface area contributed by atoms with Crippen molar-refractivity contribution in [2.75, 3.05) is 0 Å². The van der Waals surface area contributed by atoms with Gasteiger partial charge in [0.2, 0.25) is 0 Å². The van der Waals surface area contributed by atoms with Gasteiger partial charge in [0.25, 0.3) is 0 Å². The average Bonchev–Trinajstić information content (AvgIpc) is 3.00. The molecule has 0 heterocycles. The van der Waals surface area contributed by atoms with Crippen LogP contribution in [0.4, 0.5) is 0 Å². The molecule has 0 spiro atoms. The molecule has 0 radical (unpaired) electrons. The Bertz CT molecular complexity index is 612. The van der Waals surface area contributed by atoms with E-state index in [4.69, 9.17) is 0 Å². The van der Waals surface area contributed by atoms with Gasteiger partial charge in [-0.1, -0.05) is 20.8 Å². The maximum absolute atomic E-state index is 11.5. The molecular formula is C24H39KO4. The summed E-state index contributed by atoms with van der Waals surface area (Å²) in [5.41, 5.74) is 0.188. The van der Waals surface area contributed by atoms with Crippen LogP contribution in [0.25, 0.3) is 0 Å². The zero-order chi connectivity index (χ0) is 20.3. The molecule has 5 heteroatoms. The van der Waals surface area contributed by atoms with Crippen molar-refractivity contribution >= 4 is 5.97 Å². The molecule has 4 rings (SSSR count). The minimum atomic E-state index is -0.957. The molecule has 2 N–H and O–H groups in total. The van der Waals surface area contributed by atoms with Crippen molar-refractivity contribution in [2.45, 2.75) is 97.2 Å². The van der Waals surface area contributed by atoms with Crippen LogP contribution >= 0.6 is 0 Å². The fraction of sp³-hybridized carbons (Fsp3) is 0.958. The second-order valence-corrected chi connectivity index (χ2v) is 11.3. The van der Waals surface area contributed by atoms with Crippen LogP contribution < -0.4 is 56.5 Å². The Morgan fingerprint density at radius 1 is 1.07 bits per heavy atom. The number of hydrogen-bond acceptors (Lipinski definition) is 4. The third kappa shape index (κ3) is 4.09. The van der Waals surface area contributed by atoms with Crippen molar-refractivity contribution in [2.24, 2.45) is 46.3 Å². The van der Waals surface area contributed by atoms with Crippen LogP contribution in [0.3, 0.4) is 0 Å². The molecule has 4 nitrogen and oxygen atoms in total. The van der Waals surface area contributed by atoms with E-state index in [-0.39, 0.29) is 80.8 Å². The quantitative estimate of drug-likeness (QED) is 0.622. The first-order chi connectivity index (χ1) is 13.2. The first kappa shape index (κ1) is 24.7. The van der Waals surface area contributed by atoms with Gasteiger partial charge in [0.1, 0.15) is 0 Å². The normalized spacial score (nSPS) is 49.9. The summed E-state index contributed by atoms with van der Waals surface area (Å²) in [7, 11) is 0. The summed E-state index contributed by atoms with van der Waals surface area (Å²) < 4.78 is 0. The molecule has 4 saturated carbocycles. The first-order valence-electron chi connectivity index (χ1n) is 11.7. The molecule has 4 aliphatic carbocycles. The predicted octanol–water partition coefficient (Wildman–Crippen LogP) is 0.147. The van der Waals surface area contributed by atoms with E-state index in [1.54, 1.807) is 0 Å². The molecule has 0 aromatic carbocycles. The molecule has 4 aliphatic rings. The van der Waals surface area contributed by atoms with Gasteiger partial charge < -0.3 is 20.1 Å². The summed E-state index contributed by atoms with van der Waals surface area (Å²) >= 11 is 0. The zero-order valence-electron chi connectivity index (χ0n) is 18.9.